The lowest BCUT2D eigenvalue weighted by molar-refractivity contribution is 0.584. The topological polar surface area (TPSA) is 37.8 Å². The number of hydrogen-bond donors (Lipinski definition) is 1. The van der Waals surface area contributed by atoms with Gasteiger partial charge < -0.3 is 5.32 Å². The molecule has 0 aliphatic heterocycles. The standard InChI is InChI=1S/C11H10FN3/c12-11-2-1-10(8-15-11)14-7-9-3-5-13-6-4-9/h1-6,8,14H,7H2. The number of nitrogens with one attached hydrogen (secondary N) is 1. The Labute approximate surface area is 87.0 Å². The number of anilines is 1. The van der Waals surface area contributed by atoms with E-state index in [1.807, 2.05) is 12.1 Å². The molecule has 0 unspecified atom stereocenters. The van der Waals surface area contributed by atoms with Crippen LogP contribution in [0.1, 0.15) is 5.56 Å². The van der Waals surface area contributed by atoms with Crippen molar-refractivity contribution in [3.63, 3.8) is 0 Å². The molecule has 3 nitrogen and oxygen atoms in total. The second kappa shape index (κ2) is 4.50. The van der Waals surface area contributed by atoms with Crippen LogP contribution in [-0.4, -0.2) is 9.97 Å². The summed E-state index contributed by atoms with van der Waals surface area (Å²) in [4.78, 5) is 7.47. The summed E-state index contributed by atoms with van der Waals surface area (Å²) < 4.78 is 12.5. The summed E-state index contributed by atoms with van der Waals surface area (Å²) in [5, 5.41) is 3.13. The third-order valence-corrected chi connectivity index (χ3v) is 1.97. The fourth-order valence-corrected chi connectivity index (χ4v) is 1.19. The van der Waals surface area contributed by atoms with Crippen molar-refractivity contribution in [1.29, 1.82) is 0 Å². The van der Waals surface area contributed by atoms with Crippen LogP contribution in [0.4, 0.5) is 10.1 Å². The van der Waals surface area contributed by atoms with Crippen LogP contribution in [-0.2, 0) is 6.54 Å². The van der Waals surface area contributed by atoms with Crippen molar-refractivity contribution in [2.24, 2.45) is 0 Å². The zero-order chi connectivity index (χ0) is 10.5. The summed E-state index contributed by atoms with van der Waals surface area (Å²) in [6.45, 7) is 0.676. The van der Waals surface area contributed by atoms with Gasteiger partial charge in [0.05, 0.1) is 11.9 Å². The molecule has 0 aliphatic rings. The first-order valence-corrected chi connectivity index (χ1v) is 4.59. The Morgan fingerprint density at radius 1 is 1.13 bits per heavy atom. The van der Waals surface area contributed by atoms with Crippen LogP contribution in [0.2, 0.25) is 0 Å². The molecule has 0 aliphatic carbocycles. The Morgan fingerprint density at radius 2 is 1.93 bits per heavy atom. The zero-order valence-electron chi connectivity index (χ0n) is 8.02. The smallest absolute Gasteiger partial charge is 0.212 e. The van der Waals surface area contributed by atoms with Crippen molar-refractivity contribution in [3.8, 4) is 0 Å². The Kier molecular flexibility index (Phi) is 2.88. The summed E-state index contributed by atoms with van der Waals surface area (Å²) in [7, 11) is 0. The average Bonchev–Trinajstić information content (AvgIpc) is 2.30. The first-order chi connectivity index (χ1) is 7.34. The Bertz CT molecular complexity index is 414. The second-order valence-corrected chi connectivity index (χ2v) is 3.08. The predicted octanol–water partition coefficient (Wildman–Crippen LogP) is 2.23. The molecule has 4 heteroatoms. The molecule has 0 fully saturated rings. The number of pyridine rings is 2. The first kappa shape index (κ1) is 9.58. The van der Waals surface area contributed by atoms with Gasteiger partial charge in [0.1, 0.15) is 0 Å². The normalized spacial score (nSPS) is 9.93. The Balaban J connectivity index is 1.96. The molecule has 2 aromatic heterocycles. The van der Waals surface area contributed by atoms with Gasteiger partial charge in [-0.1, -0.05) is 0 Å². The van der Waals surface area contributed by atoms with Gasteiger partial charge in [-0.3, -0.25) is 4.98 Å². The molecule has 0 amide bonds. The molecule has 0 radical (unpaired) electrons. The molecule has 0 atom stereocenters. The fraction of sp³-hybridized carbons (Fsp3) is 0.0909. The van der Waals surface area contributed by atoms with E-state index in [1.54, 1.807) is 18.5 Å². The lowest BCUT2D eigenvalue weighted by Gasteiger charge is -2.04. The van der Waals surface area contributed by atoms with E-state index >= 15 is 0 Å². The SMILES string of the molecule is Fc1ccc(NCc2ccncc2)cn1. The van der Waals surface area contributed by atoms with Gasteiger partial charge in [-0.2, -0.15) is 4.39 Å². The second-order valence-electron chi connectivity index (χ2n) is 3.08. The third-order valence-electron chi connectivity index (χ3n) is 1.97. The molecule has 15 heavy (non-hydrogen) atoms. The minimum Gasteiger partial charge on any atom is -0.380 e. The zero-order valence-corrected chi connectivity index (χ0v) is 8.02. The largest absolute Gasteiger partial charge is 0.380 e. The molecule has 2 rings (SSSR count). The molecule has 0 spiro atoms. The van der Waals surface area contributed by atoms with Gasteiger partial charge in [0, 0.05) is 18.9 Å². The fourth-order valence-electron chi connectivity index (χ4n) is 1.19. The highest BCUT2D eigenvalue weighted by atomic mass is 19.1. The van der Waals surface area contributed by atoms with Crippen molar-refractivity contribution in [2.75, 3.05) is 5.32 Å². The van der Waals surface area contributed by atoms with E-state index in [0.717, 1.165) is 11.3 Å². The quantitative estimate of drug-likeness (QED) is 0.777. The molecule has 2 heterocycles. The van der Waals surface area contributed by atoms with Crippen LogP contribution in [0.3, 0.4) is 0 Å². The lowest BCUT2D eigenvalue weighted by Crippen LogP contribution is -1.99. The van der Waals surface area contributed by atoms with Gasteiger partial charge in [-0.25, -0.2) is 4.98 Å². The summed E-state index contributed by atoms with van der Waals surface area (Å²) in [5.41, 5.74) is 1.92. The number of nitrogens with zero attached hydrogens (tertiary/aromatic N) is 2. The summed E-state index contributed by atoms with van der Waals surface area (Å²) in [5.74, 6) is -0.468. The molecule has 0 saturated carbocycles. The Hall–Kier alpha value is -1.97. The van der Waals surface area contributed by atoms with Crippen molar-refractivity contribution in [3.05, 3.63) is 54.4 Å². The number of hydrogen-bond acceptors (Lipinski definition) is 3. The minimum absolute atomic E-state index is 0.468. The van der Waals surface area contributed by atoms with Crippen molar-refractivity contribution in [1.82, 2.24) is 9.97 Å². The first-order valence-electron chi connectivity index (χ1n) is 4.59. The van der Waals surface area contributed by atoms with Crippen LogP contribution in [0.5, 0.6) is 0 Å². The molecule has 0 aromatic carbocycles. The van der Waals surface area contributed by atoms with Crippen molar-refractivity contribution in [2.45, 2.75) is 6.54 Å². The maximum atomic E-state index is 12.5. The maximum Gasteiger partial charge on any atom is 0.212 e. The van der Waals surface area contributed by atoms with Crippen molar-refractivity contribution >= 4 is 5.69 Å². The molecular formula is C11H10FN3. The Morgan fingerprint density at radius 3 is 2.60 bits per heavy atom. The third kappa shape index (κ3) is 2.74. The molecule has 76 valence electrons. The maximum absolute atomic E-state index is 12.5. The summed E-state index contributed by atoms with van der Waals surface area (Å²) in [6.07, 6.45) is 4.94. The van der Waals surface area contributed by atoms with Crippen LogP contribution in [0, 0.1) is 5.95 Å². The van der Waals surface area contributed by atoms with E-state index in [4.69, 9.17) is 0 Å². The minimum atomic E-state index is -0.468. The van der Waals surface area contributed by atoms with Gasteiger partial charge in [0.25, 0.3) is 0 Å². The van der Waals surface area contributed by atoms with Crippen LogP contribution in [0.15, 0.2) is 42.9 Å². The average molecular weight is 203 g/mol. The predicted molar refractivity (Wildman–Crippen MR) is 55.8 cm³/mol. The highest BCUT2D eigenvalue weighted by molar-refractivity contribution is 5.40. The number of halogens is 1. The monoisotopic (exact) mass is 203 g/mol. The van der Waals surface area contributed by atoms with Crippen LogP contribution < -0.4 is 5.32 Å². The molecule has 0 bridgehead atoms. The number of aromatic nitrogens is 2. The van der Waals surface area contributed by atoms with E-state index in [9.17, 15) is 4.39 Å². The van der Waals surface area contributed by atoms with E-state index in [2.05, 4.69) is 15.3 Å². The molecule has 2 aromatic rings. The molecule has 0 saturated heterocycles. The molecule has 1 N–H and O–H groups in total. The van der Waals surface area contributed by atoms with Gasteiger partial charge in [-0.05, 0) is 29.8 Å². The van der Waals surface area contributed by atoms with Gasteiger partial charge in [0.2, 0.25) is 5.95 Å². The summed E-state index contributed by atoms with van der Waals surface area (Å²) >= 11 is 0. The van der Waals surface area contributed by atoms with Gasteiger partial charge >= 0.3 is 0 Å². The highest BCUT2D eigenvalue weighted by Gasteiger charge is 1.94. The van der Waals surface area contributed by atoms with Crippen LogP contribution >= 0.6 is 0 Å². The van der Waals surface area contributed by atoms with E-state index in [0.29, 0.717) is 6.54 Å². The van der Waals surface area contributed by atoms with Gasteiger partial charge in [0.15, 0.2) is 0 Å². The highest BCUT2D eigenvalue weighted by Crippen LogP contribution is 2.07. The van der Waals surface area contributed by atoms with Gasteiger partial charge in [-0.15, -0.1) is 0 Å². The van der Waals surface area contributed by atoms with E-state index in [1.165, 1.54) is 12.3 Å². The van der Waals surface area contributed by atoms with E-state index < -0.39 is 5.95 Å². The van der Waals surface area contributed by atoms with Crippen LogP contribution in [0.25, 0.3) is 0 Å². The number of rotatable bonds is 3. The molecular weight excluding hydrogens is 193 g/mol. The van der Waals surface area contributed by atoms with E-state index in [-0.39, 0.29) is 0 Å². The lowest BCUT2D eigenvalue weighted by atomic mass is 10.2. The summed E-state index contributed by atoms with van der Waals surface area (Å²) in [6, 6.07) is 6.83. The van der Waals surface area contributed by atoms with Crippen molar-refractivity contribution < 1.29 is 4.39 Å².